The number of fused-ring (bicyclic) bond motifs is 7. The minimum Gasteiger partial charge on any atom is -0.493 e. The number of nitrogens with zero attached hydrogens (tertiary/aromatic N) is 6. The molecule has 0 spiro atoms. The van der Waals surface area contributed by atoms with Crippen molar-refractivity contribution < 1.29 is 47.7 Å². The third-order valence-electron chi connectivity index (χ3n) is 17.2. The fraction of sp³-hybridized carbons (Fsp3) is 0.319. The highest BCUT2D eigenvalue weighted by Crippen LogP contribution is 2.46. The van der Waals surface area contributed by atoms with Gasteiger partial charge >= 0.3 is 6.09 Å². The first kappa shape index (κ1) is 58.6. The zero-order valence-electron chi connectivity index (χ0n) is 50.2. The van der Waals surface area contributed by atoms with Crippen LogP contribution in [0.25, 0.3) is 22.3 Å². The predicted octanol–water partition coefficient (Wildman–Crippen LogP) is 10.3. The number of rotatable bonds is 19. The smallest absolute Gasteiger partial charge is 0.407 e. The van der Waals surface area contributed by atoms with Gasteiger partial charge in [0.1, 0.15) is 18.7 Å². The van der Waals surface area contributed by atoms with Gasteiger partial charge in [-0.05, 0) is 101 Å². The zero-order chi connectivity index (χ0) is 61.2. The standard InChI is InChI=1S/C69H71N9O10/c1-41(2)64(74-69(83)88-40-57-53-14-9-7-12-51(53)52-13-8-10-15-54(52)57)66(80)72-42(3)65(79)73-47-20-16-43(17-21-47)45-30-49-36-70-58-34-62(60(84-5)32-55(58)67(81)77(49)38-45)86-28-11-29-87-63-35-59-56(33-61(63)85-6)68(82)78-39-46(31-50(78)37-71-59)44-18-22-48(23-19-44)76-26-24-75(4)25-27-76/h7-10,12-23,32-39,41-42,49-50,57,64H,11,24-31,40H2,1-6H3,(H,72,80)(H,73,79)(H,74,83)/t42-,49+,50+,64+/m1/s1. The summed E-state index contributed by atoms with van der Waals surface area (Å²) in [6.07, 6.45) is 8.28. The highest BCUT2D eigenvalue weighted by atomic mass is 16.5. The van der Waals surface area contributed by atoms with Gasteiger partial charge in [-0.15, -0.1) is 0 Å². The summed E-state index contributed by atoms with van der Waals surface area (Å²) < 4.78 is 29.6. The minimum atomic E-state index is -0.956. The summed E-state index contributed by atoms with van der Waals surface area (Å²) in [7, 11) is 5.21. The molecule has 12 rings (SSSR count). The maximum absolute atomic E-state index is 14.2. The molecule has 6 aromatic carbocycles. The highest BCUT2D eigenvalue weighted by molar-refractivity contribution is 6.07. The average Bonchev–Trinajstić information content (AvgIpc) is 2.39. The van der Waals surface area contributed by atoms with Crippen molar-refractivity contribution in [3.8, 4) is 34.1 Å². The average molecular weight is 1190 g/mol. The summed E-state index contributed by atoms with van der Waals surface area (Å²) in [5, 5.41) is 8.34. The number of likely N-dealkylation sites (N-methyl/N-ethyl adjacent to an activating group) is 1. The molecule has 19 heteroatoms. The number of carbonyl (C=O) groups is 5. The summed E-state index contributed by atoms with van der Waals surface area (Å²) >= 11 is 0. The molecule has 0 saturated carbocycles. The second kappa shape index (κ2) is 25.3. The Morgan fingerprint density at radius 1 is 0.602 bits per heavy atom. The molecule has 1 saturated heterocycles. The number of benzene rings is 6. The summed E-state index contributed by atoms with van der Waals surface area (Å²) in [6, 6.07) is 36.3. The van der Waals surface area contributed by atoms with E-state index in [2.05, 4.69) is 69.2 Å². The van der Waals surface area contributed by atoms with Crippen LogP contribution in [-0.2, 0) is 14.3 Å². The molecule has 5 amide bonds. The Kier molecular flexibility index (Phi) is 16.9. The van der Waals surface area contributed by atoms with Crippen molar-refractivity contribution in [3.05, 3.63) is 167 Å². The Labute approximate surface area is 511 Å². The van der Waals surface area contributed by atoms with Crippen molar-refractivity contribution >= 4 is 76.0 Å². The summed E-state index contributed by atoms with van der Waals surface area (Å²) in [4.78, 5) is 86.1. The summed E-state index contributed by atoms with van der Waals surface area (Å²) in [5.41, 5.74) is 11.8. The van der Waals surface area contributed by atoms with Crippen LogP contribution in [0, 0.1) is 5.92 Å². The zero-order valence-corrected chi connectivity index (χ0v) is 50.2. The molecule has 6 aliphatic rings. The van der Waals surface area contributed by atoms with Gasteiger partial charge in [0.2, 0.25) is 11.8 Å². The molecule has 1 aliphatic carbocycles. The molecular formula is C69H71N9O10. The Bertz CT molecular complexity index is 3770. The first-order valence-corrected chi connectivity index (χ1v) is 29.9. The molecule has 19 nitrogen and oxygen atoms in total. The van der Waals surface area contributed by atoms with Gasteiger partial charge in [0.25, 0.3) is 11.8 Å². The maximum Gasteiger partial charge on any atom is 0.407 e. The second-order valence-corrected chi connectivity index (χ2v) is 23.2. The van der Waals surface area contributed by atoms with Crippen LogP contribution in [0.2, 0.25) is 0 Å². The van der Waals surface area contributed by atoms with E-state index in [4.69, 9.17) is 33.7 Å². The van der Waals surface area contributed by atoms with Crippen molar-refractivity contribution in [2.45, 2.75) is 70.1 Å². The number of anilines is 2. The van der Waals surface area contributed by atoms with E-state index < -0.39 is 30.0 Å². The van der Waals surface area contributed by atoms with E-state index in [9.17, 15) is 24.0 Å². The lowest BCUT2D eigenvalue weighted by Crippen LogP contribution is -2.53. The van der Waals surface area contributed by atoms with Gasteiger partial charge in [0, 0.05) is 99.7 Å². The van der Waals surface area contributed by atoms with Gasteiger partial charge in [0.15, 0.2) is 23.0 Å². The first-order chi connectivity index (χ1) is 42.7. The van der Waals surface area contributed by atoms with Crippen molar-refractivity contribution in [2.24, 2.45) is 15.9 Å². The van der Waals surface area contributed by atoms with Gasteiger partial charge < -0.3 is 59.2 Å². The third-order valence-corrected chi connectivity index (χ3v) is 17.2. The number of aliphatic imine (C=N–C) groups is 2. The molecule has 0 unspecified atom stereocenters. The first-order valence-electron chi connectivity index (χ1n) is 29.9. The quantitative estimate of drug-likeness (QED) is 0.0648. The maximum atomic E-state index is 14.2. The lowest BCUT2D eigenvalue weighted by molar-refractivity contribution is -0.128. The number of hydrogen-bond acceptors (Lipinski definition) is 14. The molecular weight excluding hydrogens is 1110 g/mol. The number of methoxy groups -OCH3 is 2. The lowest BCUT2D eigenvalue weighted by atomic mass is 9.98. The molecule has 4 atom stereocenters. The number of nitrogens with one attached hydrogen (secondary N) is 3. The van der Waals surface area contributed by atoms with Gasteiger partial charge in [-0.3, -0.25) is 29.2 Å². The largest absolute Gasteiger partial charge is 0.493 e. The lowest BCUT2D eigenvalue weighted by Gasteiger charge is -2.34. The van der Waals surface area contributed by atoms with Crippen molar-refractivity contribution in [1.82, 2.24) is 25.3 Å². The third kappa shape index (κ3) is 12.1. The van der Waals surface area contributed by atoms with Crippen LogP contribution in [0.15, 0.2) is 144 Å². The number of ether oxygens (including phenoxy) is 5. The molecule has 6 aromatic rings. The second-order valence-electron chi connectivity index (χ2n) is 23.2. The van der Waals surface area contributed by atoms with Gasteiger partial charge in [-0.25, -0.2) is 4.79 Å². The van der Waals surface area contributed by atoms with Crippen LogP contribution >= 0.6 is 0 Å². The number of piperazine rings is 1. The van der Waals surface area contributed by atoms with E-state index in [0.717, 1.165) is 70.7 Å². The van der Waals surface area contributed by atoms with Crippen LogP contribution in [0.3, 0.4) is 0 Å². The number of hydrogen-bond donors (Lipinski definition) is 3. The fourth-order valence-electron chi connectivity index (χ4n) is 12.2. The summed E-state index contributed by atoms with van der Waals surface area (Å²) in [6.45, 7) is 9.89. The number of carbonyl (C=O) groups excluding carboxylic acids is 5. The van der Waals surface area contributed by atoms with E-state index in [-0.39, 0.29) is 55.6 Å². The molecule has 0 aromatic heterocycles. The molecule has 1 fully saturated rings. The van der Waals surface area contributed by atoms with Crippen LogP contribution in [0.5, 0.6) is 23.0 Å². The number of amides is 5. The SMILES string of the molecule is COc1cc2c(cc1OCCCOc1cc3c(cc1OC)C(=O)N1C=C(c4ccc(N5CCN(C)CC5)cc4)C[C@H]1C=N3)N=C[C@@H]1CC(c3ccc(NC(=O)[C@@H](C)NC(=O)[C@@H](NC(=O)OCC4c5ccccc5-c5ccccc54)C(C)C)cc3)=CN1C2=O. The van der Waals surface area contributed by atoms with E-state index in [0.29, 0.717) is 70.4 Å². The molecule has 5 heterocycles. The summed E-state index contributed by atoms with van der Waals surface area (Å²) in [5.74, 6) is -0.142. The van der Waals surface area contributed by atoms with Crippen LogP contribution < -0.4 is 39.8 Å². The van der Waals surface area contributed by atoms with Crippen molar-refractivity contribution in [3.63, 3.8) is 0 Å². The topological polar surface area (TPSA) is 205 Å². The molecule has 3 N–H and O–H groups in total. The van der Waals surface area contributed by atoms with Crippen LogP contribution in [0.1, 0.15) is 88.9 Å². The van der Waals surface area contributed by atoms with E-state index >= 15 is 0 Å². The molecule has 0 radical (unpaired) electrons. The Morgan fingerprint density at radius 3 is 1.62 bits per heavy atom. The minimum absolute atomic E-state index is 0.100. The fourth-order valence-corrected chi connectivity index (χ4v) is 12.2. The monoisotopic (exact) mass is 1190 g/mol. The Balaban J connectivity index is 0.610. The Morgan fingerprint density at radius 2 is 1.11 bits per heavy atom. The van der Waals surface area contributed by atoms with Crippen LogP contribution in [0.4, 0.5) is 27.5 Å². The predicted molar refractivity (Wildman–Crippen MR) is 339 cm³/mol. The number of alkyl carbamates (subject to hydrolysis) is 1. The van der Waals surface area contributed by atoms with Gasteiger partial charge in [-0.1, -0.05) is 86.6 Å². The molecule has 88 heavy (non-hydrogen) atoms. The van der Waals surface area contributed by atoms with E-state index in [1.54, 1.807) is 80.3 Å². The molecule has 452 valence electrons. The van der Waals surface area contributed by atoms with Crippen LogP contribution in [-0.4, -0.2) is 148 Å². The molecule has 5 aliphatic heterocycles. The molecule has 0 bridgehead atoms. The van der Waals surface area contributed by atoms with E-state index in [1.165, 1.54) is 12.8 Å². The van der Waals surface area contributed by atoms with E-state index in [1.807, 2.05) is 67.1 Å². The Hall–Kier alpha value is -9.75. The normalized spacial score (nSPS) is 18.1. The highest BCUT2D eigenvalue weighted by Gasteiger charge is 2.37. The van der Waals surface area contributed by atoms with Crippen molar-refractivity contribution in [2.75, 3.05) is 77.5 Å². The van der Waals surface area contributed by atoms with Crippen molar-refractivity contribution in [1.29, 1.82) is 0 Å². The van der Waals surface area contributed by atoms with Gasteiger partial charge in [-0.2, -0.15) is 0 Å². The van der Waals surface area contributed by atoms with Gasteiger partial charge in [0.05, 0.1) is 62.0 Å².